The standard InChI is InChI=1S/C10H12ClF2IN4/c1-5(17(2)3)18-10-8(14-16-18)6(9(12)13)4-7(11)15-10/h4-5,9H,1-3H3. The van der Waals surface area contributed by atoms with Crippen molar-refractivity contribution >= 4 is 38.5 Å². The number of hydrogen-bond acceptors (Lipinski definition) is 4. The molecule has 0 radical (unpaired) electrons. The van der Waals surface area contributed by atoms with Gasteiger partial charge in [0, 0.05) is 5.56 Å². The van der Waals surface area contributed by atoms with Gasteiger partial charge in [-0.1, -0.05) is 11.6 Å². The lowest BCUT2D eigenvalue weighted by atomic mass is 10.2. The minimum atomic E-state index is -2.54. The number of aromatic nitrogens is 1. The Balaban J connectivity index is 2.48. The van der Waals surface area contributed by atoms with Gasteiger partial charge >= 0.3 is 0 Å². The molecule has 18 heavy (non-hydrogen) atoms. The highest BCUT2D eigenvalue weighted by Gasteiger charge is 2.29. The van der Waals surface area contributed by atoms with Crippen LogP contribution in [0.15, 0.2) is 9.32 Å². The molecule has 4 nitrogen and oxygen atoms in total. The first-order chi connectivity index (χ1) is 8.41. The summed E-state index contributed by atoms with van der Waals surface area (Å²) in [6.07, 6.45) is -2.58. The Labute approximate surface area is 119 Å². The molecule has 0 N–H and O–H groups in total. The van der Waals surface area contributed by atoms with Crippen molar-refractivity contribution in [2.24, 2.45) is 3.25 Å². The van der Waals surface area contributed by atoms with Gasteiger partial charge in [-0.3, -0.25) is 4.90 Å². The minimum Gasteiger partial charge on any atom is -0.288 e. The van der Waals surface area contributed by atoms with Crippen LogP contribution in [0.4, 0.5) is 14.6 Å². The molecule has 0 saturated carbocycles. The minimum absolute atomic E-state index is 0.0324. The van der Waals surface area contributed by atoms with Crippen LogP contribution < -0.4 is 5.01 Å². The Morgan fingerprint density at radius 3 is 2.67 bits per heavy atom. The van der Waals surface area contributed by atoms with Crippen LogP contribution in [-0.2, 0) is 0 Å². The van der Waals surface area contributed by atoms with E-state index in [4.69, 9.17) is 11.6 Å². The highest BCUT2D eigenvalue weighted by molar-refractivity contribution is 14.2. The largest absolute Gasteiger partial charge is 0.288 e. The number of rotatable bonds is 3. The lowest BCUT2D eigenvalue weighted by molar-refractivity contribution is 0.150. The zero-order valence-corrected chi connectivity index (χ0v) is 12.9. The number of halogens is 4. The van der Waals surface area contributed by atoms with Crippen molar-refractivity contribution in [2.75, 3.05) is 19.1 Å². The second-order valence-electron chi connectivity index (χ2n) is 4.07. The van der Waals surface area contributed by atoms with E-state index in [-0.39, 0.29) is 16.9 Å². The average molecular weight is 389 g/mol. The molecular formula is C10H12ClF2IN4. The topological polar surface area (TPSA) is 31.7 Å². The number of hydrogen-bond donors (Lipinski definition) is 0. The van der Waals surface area contributed by atoms with Crippen molar-refractivity contribution in [1.82, 2.24) is 9.88 Å². The Hall–Kier alpha value is -0.410. The van der Waals surface area contributed by atoms with E-state index >= 15 is 0 Å². The molecule has 0 amide bonds. The predicted octanol–water partition coefficient (Wildman–Crippen LogP) is 3.64. The summed E-state index contributed by atoms with van der Waals surface area (Å²) in [5, 5.41) is 1.77. The Morgan fingerprint density at radius 2 is 2.11 bits per heavy atom. The van der Waals surface area contributed by atoms with E-state index in [0.29, 0.717) is 9.39 Å². The normalized spacial score (nSPS) is 16.1. The first kappa shape index (κ1) is 14.0. The highest BCUT2D eigenvalue weighted by Crippen LogP contribution is 2.41. The van der Waals surface area contributed by atoms with Gasteiger partial charge in [0.15, 0.2) is 5.82 Å². The van der Waals surface area contributed by atoms with Crippen molar-refractivity contribution in [3.05, 3.63) is 20.4 Å². The zero-order valence-electron chi connectivity index (χ0n) is 10.0. The second-order valence-corrected chi connectivity index (χ2v) is 6.45. The van der Waals surface area contributed by atoms with Crippen LogP contribution in [0, 0.1) is 3.57 Å². The molecule has 1 aliphatic rings. The summed E-state index contributed by atoms with van der Waals surface area (Å²) in [7, 11) is 3.80. The summed E-state index contributed by atoms with van der Waals surface area (Å²) in [6, 6.07) is 1.24. The monoisotopic (exact) mass is 388 g/mol. The van der Waals surface area contributed by atoms with E-state index < -0.39 is 27.5 Å². The van der Waals surface area contributed by atoms with Gasteiger partial charge in [-0.05, 0) is 27.1 Å². The molecule has 2 rings (SSSR count). The van der Waals surface area contributed by atoms with Gasteiger partial charge in [0.1, 0.15) is 11.3 Å². The van der Waals surface area contributed by atoms with Crippen molar-refractivity contribution in [1.29, 1.82) is 0 Å². The molecule has 1 aromatic heterocycles. The van der Waals surface area contributed by atoms with Crippen LogP contribution in [0.1, 0.15) is 18.9 Å². The van der Waals surface area contributed by atoms with Gasteiger partial charge in [-0.15, -0.1) is 3.25 Å². The average Bonchev–Trinajstić information content (AvgIpc) is 2.69. The van der Waals surface area contributed by atoms with Crippen LogP contribution in [0.2, 0.25) is 5.15 Å². The third-order valence-corrected chi connectivity index (χ3v) is 5.16. The summed E-state index contributed by atoms with van der Waals surface area (Å²) in [4.78, 5) is 6.08. The second kappa shape index (κ2) is 5.30. The number of pyridine rings is 1. The first-order valence-corrected chi connectivity index (χ1v) is 7.63. The smallest absolute Gasteiger partial charge is 0.265 e. The van der Waals surface area contributed by atoms with Crippen LogP contribution >= 0.6 is 32.6 Å². The molecule has 1 aromatic rings. The van der Waals surface area contributed by atoms with Crippen LogP contribution in [-0.4, -0.2) is 30.1 Å². The first-order valence-electron chi connectivity index (χ1n) is 5.21. The molecule has 0 aliphatic carbocycles. The molecule has 1 unspecified atom stereocenters. The lowest BCUT2D eigenvalue weighted by Crippen LogP contribution is -2.39. The van der Waals surface area contributed by atoms with Gasteiger partial charge in [0.25, 0.3) is 6.43 Å². The Morgan fingerprint density at radius 1 is 1.44 bits per heavy atom. The summed E-state index contributed by atoms with van der Waals surface area (Å²) >= 11 is 4.99. The Kier molecular flexibility index (Phi) is 4.12. The fraction of sp³-hybridized carbons (Fsp3) is 0.500. The molecule has 0 bridgehead atoms. The maximum Gasteiger partial charge on any atom is 0.265 e. The Bertz CT molecular complexity index is 495. The molecule has 0 aromatic carbocycles. The summed E-state index contributed by atoms with van der Waals surface area (Å²) in [5.74, 6) is 0.479. The molecule has 0 spiro atoms. The molecule has 0 saturated heterocycles. The van der Waals surface area contributed by atoms with E-state index in [1.165, 1.54) is 6.07 Å². The quantitative estimate of drug-likeness (QED) is 0.585. The van der Waals surface area contributed by atoms with Crippen LogP contribution in [0.25, 0.3) is 0 Å². The third-order valence-electron chi connectivity index (χ3n) is 2.69. The summed E-state index contributed by atoms with van der Waals surface area (Å²) in [6.45, 7) is 1.94. The molecule has 0 fully saturated rings. The van der Waals surface area contributed by atoms with Crippen molar-refractivity contribution in [3.8, 4) is 0 Å². The number of anilines is 1. The van der Waals surface area contributed by atoms with Gasteiger partial charge in [-0.25, -0.2) is 18.8 Å². The summed E-state index contributed by atoms with van der Waals surface area (Å²) in [5.41, 5.74) is -0.0324. The van der Waals surface area contributed by atoms with Gasteiger partial charge in [0.2, 0.25) is 0 Å². The fourth-order valence-electron chi connectivity index (χ4n) is 1.47. The molecular weight excluding hydrogens is 376 g/mol. The number of alkyl halides is 2. The van der Waals surface area contributed by atoms with Crippen LogP contribution in [0.5, 0.6) is 0 Å². The maximum atomic E-state index is 12.9. The molecule has 1 aliphatic heterocycles. The molecule has 8 heteroatoms. The molecule has 100 valence electrons. The van der Waals surface area contributed by atoms with Crippen molar-refractivity contribution in [3.63, 3.8) is 0 Å². The van der Waals surface area contributed by atoms with E-state index in [2.05, 4.69) is 8.24 Å². The lowest BCUT2D eigenvalue weighted by Gasteiger charge is -2.28. The van der Waals surface area contributed by atoms with Gasteiger partial charge in [-0.2, -0.15) is 0 Å². The van der Waals surface area contributed by atoms with E-state index in [1.807, 2.05) is 25.9 Å². The predicted molar refractivity (Wildman–Crippen MR) is 75.0 cm³/mol. The van der Waals surface area contributed by atoms with E-state index in [0.717, 1.165) is 0 Å². The fourth-order valence-corrected chi connectivity index (χ4v) is 3.94. The molecule has 1 atom stereocenters. The van der Waals surface area contributed by atoms with Gasteiger partial charge in [0.05, 0.1) is 24.6 Å². The highest BCUT2D eigenvalue weighted by atomic mass is 127. The third kappa shape index (κ3) is 2.48. The number of nitrogens with zero attached hydrogens (tertiary/aromatic N) is 4. The number of fused-ring (bicyclic) bond motifs is 1. The zero-order chi connectivity index (χ0) is 13.4. The van der Waals surface area contributed by atoms with E-state index in [1.54, 1.807) is 5.01 Å². The maximum absolute atomic E-state index is 12.9. The summed E-state index contributed by atoms with van der Waals surface area (Å²) < 4.78 is 30.8. The van der Waals surface area contributed by atoms with Crippen LogP contribution in [0.3, 0.4) is 0 Å². The SMILES string of the molecule is CC(N(C)C)N1N=Ic2c(C(F)F)cc(Cl)nc21. The van der Waals surface area contributed by atoms with Crippen molar-refractivity contribution < 1.29 is 8.78 Å². The van der Waals surface area contributed by atoms with Crippen molar-refractivity contribution in [2.45, 2.75) is 19.5 Å². The van der Waals surface area contributed by atoms with E-state index in [9.17, 15) is 8.78 Å². The molecule has 2 heterocycles. The van der Waals surface area contributed by atoms with Gasteiger partial charge < -0.3 is 0 Å².